The number of amides is 1. The minimum absolute atomic E-state index is 0.0257. The van der Waals surface area contributed by atoms with Crippen LogP contribution in [-0.2, 0) is 9.59 Å². The van der Waals surface area contributed by atoms with Crippen LogP contribution in [0.1, 0.15) is 54.8 Å². The molecule has 5 heteroatoms. The van der Waals surface area contributed by atoms with Crippen LogP contribution in [0.3, 0.4) is 0 Å². The van der Waals surface area contributed by atoms with Gasteiger partial charge in [-0.1, -0.05) is 61.0 Å². The van der Waals surface area contributed by atoms with Crippen LogP contribution in [0.25, 0.3) is 0 Å². The van der Waals surface area contributed by atoms with Gasteiger partial charge in [0, 0.05) is 24.1 Å². The molecule has 5 rings (SSSR count). The number of hydrogen-bond donors (Lipinski definition) is 1. The van der Waals surface area contributed by atoms with Crippen LogP contribution >= 0.6 is 0 Å². The van der Waals surface area contributed by atoms with Gasteiger partial charge in [0.2, 0.25) is 5.91 Å². The van der Waals surface area contributed by atoms with Gasteiger partial charge in [-0.15, -0.1) is 0 Å². The lowest BCUT2D eigenvalue weighted by Crippen LogP contribution is -2.38. The van der Waals surface area contributed by atoms with Gasteiger partial charge in [-0.3, -0.25) is 14.5 Å². The Morgan fingerprint density at radius 2 is 1.66 bits per heavy atom. The van der Waals surface area contributed by atoms with E-state index in [0.29, 0.717) is 24.8 Å². The number of Topliss-reactive ketones (excluding diaryl/α,β-unsaturated/α-hetero) is 1. The van der Waals surface area contributed by atoms with Crippen molar-refractivity contribution in [3.8, 4) is 5.75 Å². The Balaban J connectivity index is 1.69. The number of anilines is 2. The number of carbonyl (C=O) groups is 2. The van der Waals surface area contributed by atoms with E-state index >= 15 is 0 Å². The Bertz CT molecular complexity index is 1290. The molecule has 35 heavy (non-hydrogen) atoms. The quantitative estimate of drug-likeness (QED) is 0.489. The van der Waals surface area contributed by atoms with E-state index in [0.717, 1.165) is 33.9 Å². The summed E-state index contributed by atoms with van der Waals surface area (Å²) in [6.45, 7) is 3.93. The molecule has 0 bridgehead atoms. The zero-order valence-electron chi connectivity index (χ0n) is 20.4. The van der Waals surface area contributed by atoms with Gasteiger partial charge in [-0.25, -0.2) is 0 Å². The molecule has 3 aromatic carbocycles. The van der Waals surface area contributed by atoms with Crippen molar-refractivity contribution in [1.29, 1.82) is 0 Å². The monoisotopic (exact) mass is 466 g/mol. The maximum atomic E-state index is 13.9. The molecular weight excluding hydrogens is 436 g/mol. The highest BCUT2D eigenvalue weighted by Crippen LogP contribution is 2.47. The third-order valence-electron chi connectivity index (χ3n) is 7.04. The largest absolute Gasteiger partial charge is 0.497 e. The van der Waals surface area contributed by atoms with E-state index < -0.39 is 6.04 Å². The molecule has 2 atom stereocenters. The van der Waals surface area contributed by atoms with Crippen LogP contribution in [0.15, 0.2) is 84.1 Å². The van der Waals surface area contributed by atoms with Crippen molar-refractivity contribution in [3.05, 3.63) is 101 Å². The molecule has 0 spiro atoms. The number of fused-ring (bicyclic) bond motifs is 1. The number of aryl methyl sites for hydroxylation is 1. The Hall–Kier alpha value is -3.86. The molecule has 3 aromatic rings. The number of methoxy groups -OCH3 is 1. The summed E-state index contributed by atoms with van der Waals surface area (Å²) in [4.78, 5) is 29.1. The first-order chi connectivity index (χ1) is 17.0. The summed E-state index contributed by atoms with van der Waals surface area (Å²) in [5.74, 6) is 0.874. The average Bonchev–Trinajstić information content (AvgIpc) is 3.03. The topological polar surface area (TPSA) is 58.6 Å². The van der Waals surface area contributed by atoms with Crippen LogP contribution in [0, 0.1) is 6.92 Å². The van der Waals surface area contributed by atoms with Crippen molar-refractivity contribution in [2.24, 2.45) is 0 Å². The predicted octanol–water partition coefficient (Wildman–Crippen LogP) is 6.31. The smallest absolute Gasteiger partial charge is 0.227 e. The number of ketones is 1. The number of rotatable bonds is 4. The van der Waals surface area contributed by atoms with Gasteiger partial charge in [-0.2, -0.15) is 0 Å². The van der Waals surface area contributed by atoms with E-state index in [9.17, 15) is 9.59 Å². The summed E-state index contributed by atoms with van der Waals surface area (Å²) in [7, 11) is 1.63. The highest BCUT2D eigenvalue weighted by atomic mass is 16.5. The second-order valence-corrected chi connectivity index (χ2v) is 9.27. The van der Waals surface area contributed by atoms with Crippen molar-refractivity contribution < 1.29 is 14.3 Å². The maximum Gasteiger partial charge on any atom is 0.227 e. The lowest BCUT2D eigenvalue weighted by atomic mass is 9.78. The molecule has 0 saturated carbocycles. The Labute approximate surface area is 206 Å². The second-order valence-electron chi connectivity index (χ2n) is 9.27. The minimum Gasteiger partial charge on any atom is -0.497 e. The van der Waals surface area contributed by atoms with E-state index in [2.05, 4.69) is 36.5 Å². The van der Waals surface area contributed by atoms with Crippen LogP contribution in [0.2, 0.25) is 0 Å². The van der Waals surface area contributed by atoms with Gasteiger partial charge in [-0.05, 0) is 54.7 Å². The third-order valence-corrected chi connectivity index (χ3v) is 7.04. The summed E-state index contributed by atoms with van der Waals surface area (Å²) in [5.41, 5.74) is 6.45. The fraction of sp³-hybridized carbons (Fsp3) is 0.267. The standard InChI is InChI=1S/C30H30N2O3/c1-4-28(34)32-26-8-6-5-7-24(26)31-25-17-22(20-11-9-19(2)10-12-20)18-27(33)29(25)30(32)21-13-15-23(35-3)16-14-21/h5-16,22,30-31H,4,17-18H2,1-3H3. The molecule has 1 amide bonds. The molecule has 2 aliphatic rings. The molecule has 1 N–H and O–H groups in total. The first kappa shape index (κ1) is 22.9. The normalized spacial score (nSPS) is 19.4. The molecule has 1 aliphatic carbocycles. The molecule has 0 aromatic heterocycles. The van der Waals surface area contributed by atoms with Gasteiger partial charge in [0.05, 0.1) is 24.5 Å². The SMILES string of the molecule is CCC(=O)N1c2ccccc2NC2=C(C(=O)CC(c3ccc(C)cc3)C2)C1c1ccc(OC)cc1. The fourth-order valence-corrected chi connectivity index (χ4v) is 5.21. The third kappa shape index (κ3) is 4.23. The van der Waals surface area contributed by atoms with Crippen molar-refractivity contribution in [1.82, 2.24) is 0 Å². The summed E-state index contributed by atoms with van der Waals surface area (Å²) in [6, 6.07) is 23.4. The van der Waals surface area contributed by atoms with Crippen LogP contribution in [0.4, 0.5) is 11.4 Å². The zero-order chi connectivity index (χ0) is 24.5. The second kappa shape index (κ2) is 9.41. The van der Waals surface area contributed by atoms with Gasteiger partial charge in [0.25, 0.3) is 0 Å². The van der Waals surface area contributed by atoms with Gasteiger partial charge in [0.15, 0.2) is 5.78 Å². The number of hydrogen-bond acceptors (Lipinski definition) is 4. The number of allylic oxidation sites excluding steroid dienone is 1. The molecule has 0 radical (unpaired) electrons. The van der Waals surface area contributed by atoms with Crippen LogP contribution in [-0.4, -0.2) is 18.8 Å². The molecule has 2 unspecified atom stereocenters. The van der Waals surface area contributed by atoms with E-state index in [4.69, 9.17) is 4.74 Å². The van der Waals surface area contributed by atoms with Crippen molar-refractivity contribution >= 4 is 23.1 Å². The molecule has 1 aliphatic heterocycles. The van der Waals surface area contributed by atoms with Gasteiger partial charge in [0.1, 0.15) is 5.75 Å². The first-order valence-corrected chi connectivity index (χ1v) is 12.1. The molecule has 0 fully saturated rings. The molecule has 178 valence electrons. The summed E-state index contributed by atoms with van der Waals surface area (Å²) in [5, 5.41) is 3.57. The number of carbonyl (C=O) groups excluding carboxylic acids is 2. The van der Waals surface area contributed by atoms with E-state index in [1.807, 2.05) is 55.5 Å². The molecule has 5 nitrogen and oxygen atoms in total. The number of para-hydroxylation sites is 2. The van der Waals surface area contributed by atoms with Crippen molar-refractivity contribution in [2.45, 2.75) is 45.1 Å². The fourth-order valence-electron chi connectivity index (χ4n) is 5.21. The Morgan fingerprint density at radius 3 is 2.34 bits per heavy atom. The summed E-state index contributed by atoms with van der Waals surface area (Å²) >= 11 is 0. The first-order valence-electron chi connectivity index (χ1n) is 12.1. The lowest BCUT2D eigenvalue weighted by Gasteiger charge is -2.35. The van der Waals surface area contributed by atoms with Crippen molar-refractivity contribution in [2.75, 3.05) is 17.3 Å². The maximum absolute atomic E-state index is 13.9. The Morgan fingerprint density at radius 1 is 0.971 bits per heavy atom. The average molecular weight is 467 g/mol. The number of nitrogens with one attached hydrogen (secondary N) is 1. The summed E-state index contributed by atoms with van der Waals surface area (Å²) < 4.78 is 5.36. The zero-order valence-corrected chi connectivity index (χ0v) is 20.4. The van der Waals surface area contributed by atoms with Crippen LogP contribution < -0.4 is 15.0 Å². The molecule has 0 saturated heterocycles. The Kier molecular flexibility index (Phi) is 6.16. The van der Waals surface area contributed by atoms with Gasteiger partial charge < -0.3 is 10.1 Å². The van der Waals surface area contributed by atoms with Crippen LogP contribution in [0.5, 0.6) is 5.75 Å². The minimum atomic E-state index is -0.508. The number of ether oxygens (including phenoxy) is 1. The van der Waals surface area contributed by atoms with E-state index in [1.54, 1.807) is 12.0 Å². The number of benzene rings is 3. The lowest BCUT2D eigenvalue weighted by molar-refractivity contribution is -0.119. The highest BCUT2D eigenvalue weighted by molar-refractivity contribution is 6.06. The van der Waals surface area contributed by atoms with E-state index in [1.165, 1.54) is 5.56 Å². The predicted molar refractivity (Wildman–Crippen MR) is 139 cm³/mol. The number of nitrogens with zero attached hydrogens (tertiary/aromatic N) is 1. The van der Waals surface area contributed by atoms with E-state index in [-0.39, 0.29) is 17.6 Å². The highest BCUT2D eigenvalue weighted by Gasteiger charge is 2.41. The molecule has 1 heterocycles. The molecular formula is C30H30N2O3. The van der Waals surface area contributed by atoms with Crippen molar-refractivity contribution in [3.63, 3.8) is 0 Å². The summed E-state index contributed by atoms with van der Waals surface area (Å²) in [6.07, 6.45) is 1.46. The van der Waals surface area contributed by atoms with Gasteiger partial charge >= 0.3 is 0 Å².